The Bertz CT molecular complexity index is 2860. The van der Waals surface area contributed by atoms with Crippen molar-refractivity contribution in [2.75, 3.05) is 50.3 Å². The van der Waals surface area contributed by atoms with E-state index in [9.17, 15) is 24.0 Å². The lowest BCUT2D eigenvalue weighted by molar-refractivity contribution is -0.138. The van der Waals surface area contributed by atoms with Gasteiger partial charge in [-0.3, -0.25) is 0 Å². The predicted molar refractivity (Wildman–Crippen MR) is 290 cm³/mol. The van der Waals surface area contributed by atoms with Crippen molar-refractivity contribution in [3.63, 3.8) is 0 Å². The average Bonchev–Trinajstić information content (AvgIpc) is 3.43. The molecular weight excluding hydrogens is 955 g/mol. The van der Waals surface area contributed by atoms with E-state index in [0.29, 0.717) is 86.5 Å². The van der Waals surface area contributed by atoms with Crippen molar-refractivity contribution in [3.05, 3.63) is 158 Å². The highest BCUT2D eigenvalue weighted by Gasteiger charge is 2.15. The minimum Gasteiger partial charge on any atom is -0.494 e. The van der Waals surface area contributed by atoms with E-state index in [1.807, 2.05) is 84.9 Å². The molecule has 0 amide bonds. The third-order valence-electron chi connectivity index (χ3n) is 11.7. The van der Waals surface area contributed by atoms with Crippen LogP contribution in [0.1, 0.15) is 97.8 Å². The smallest absolute Gasteiger partial charge is 0.338 e. The largest absolute Gasteiger partial charge is 0.494 e. The molecule has 6 rings (SSSR count). The number of fused-ring (bicyclic) bond motifs is 3. The molecule has 0 radical (unpaired) electrons. The van der Waals surface area contributed by atoms with Gasteiger partial charge in [-0.15, -0.1) is 0 Å². The van der Waals surface area contributed by atoms with E-state index in [2.05, 4.69) is 30.4 Å². The predicted octanol–water partition coefficient (Wildman–Crippen LogP) is 13.2. The van der Waals surface area contributed by atoms with Gasteiger partial charge in [0.25, 0.3) is 0 Å². The van der Waals surface area contributed by atoms with E-state index in [-0.39, 0.29) is 0 Å². The van der Waals surface area contributed by atoms with Crippen LogP contribution in [0.25, 0.3) is 21.7 Å². The van der Waals surface area contributed by atoms with E-state index in [1.165, 1.54) is 0 Å². The van der Waals surface area contributed by atoms with Gasteiger partial charge in [-0.25, -0.2) is 29.0 Å². The standard InChI is InChI=1S/C60H65N3O12/c1-4-55(64)70-36-14-8-7-13-35-69-49-29-31-50(32-30-49)75-58-53-41-47(61-45-23-19-43(20-24-45)59(67)73-39-17-11-9-15-37-71-56(65)5-2)27-33-51(53)52-34-28-48(42-54(52)63-58)62-46-25-21-44(22-26-46)60(68)74-40-18-12-10-16-38-72-57(66)6-3/h4-6,19-34,41-42,61-62H,1-3,7-18,35-40H2. The lowest BCUT2D eigenvalue weighted by Crippen LogP contribution is -2.07. The lowest BCUT2D eigenvalue weighted by Gasteiger charge is -2.15. The molecule has 0 aliphatic rings. The van der Waals surface area contributed by atoms with Gasteiger partial charge in [-0.2, -0.15) is 0 Å². The minimum absolute atomic E-state index is 0.295. The topological polar surface area (TPSA) is 187 Å². The fourth-order valence-corrected chi connectivity index (χ4v) is 7.69. The van der Waals surface area contributed by atoms with Crippen LogP contribution in [0.15, 0.2) is 147 Å². The van der Waals surface area contributed by atoms with E-state index < -0.39 is 29.8 Å². The number of anilines is 4. The Labute approximate surface area is 437 Å². The Morgan fingerprint density at radius 2 is 0.787 bits per heavy atom. The summed E-state index contributed by atoms with van der Waals surface area (Å²) >= 11 is 0. The maximum atomic E-state index is 12.8. The molecule has 0 fully saturated rings. The number of pyridine rings is 1. The van der Waals surface area contributed by atoms with Crippen molar-refractivity contribution in [3.8, 4) is 17.4 Å². The van der Waals surface area contributed by atoms with Gasteiger partial charge in [0.15, 0.2) is 0 Å². The summed E-state index contributed by atoms with van der Waals surface area (Å²) in [5.74, 6) is -0.417. The zero-order valence-electron chi connectivity index (χ0n) is 42.3. The van der Waals surface area contributed by atoms with Crippen LogP contribution in [0, 0.1) is 0 Å². The first-order chi connectivity index (χ1) is 36.6. The molecule has 5 aromatic carbocycles. The van der Waals surface area contributed by atoms with Gasteiger partial charge < -0.3 is 43.8 Å². The van der Waals surface area contributed by atoms with Gasteiger partial charge >= 0.3 is 29.8 Å². The highest BCUT2D eigenvalue weighted by molar-refractivity contribution is 6.09. The summed E-state index contributed by atoms with van der Waals surface area (Å²) < 4.78 is 38.6. The molecule has 15 nitrogen and oxygen atoms in total. The number of rotatable bonds is 33. The second-order valence-corrected chi connectivity index (χ2v) is 17.4. The molecule has 0 atom stereocenters. The van der Waals surface area contributed by atoms with Crippen molar-refractivity contribution >= 4 is 74.3 Å². The highest BCUT2D eigenvalue weighted by Crippen LogP contribution is 2.37. The van der Waals surface area contributed by atoms with Crippen LogP contribution < -0.4 is 20.1 Å². The summed E-state index contributed by atoms with van der Waals surface area (Å²) in [5, 5.41) is 9.46. The van der Waals surface area contributed by atoms with E-state index >= 15 is 0 Å². The quantitative estimate of drug-likeness (QED) is 0.0130. The molecule has 0 spiro atoms. The van der Waals surface area contributed by atoms with E-state index in [4.69, 9.17) is 38.1 Å². The molecule has 1 aromatic heterocycles. The molecular formula is C60H65N3O12. The van der Waals surface area contributed by atoms with Crippen LogP contribution in [-0.4, -0.2) is 74.5 Å². The SMILES string of the molecule is C=CC(=O)OCCCCCCOC(=O)c1ccc(Nc2ccc3c(c2)nc(Oc2ccc(OCCCCCCOC(=O)C=C)cc2)c2cc(Nc4ccc(C(=O)OCCCCCCOC(=O)C=C)cc4)ccc23)cc1. The number of ether oxygens (including phenoxy) is 7. The maximum absolute atomic E-state index is 12.8. The molecule has 0 saturated carbocycles. The molecule has 0 bridgehead atoms. The van der Waals surface area contributed by atoms with Crippen LogP contribution in [0.2, 0.25) is 0 Å². The lowest BCUT2D eigenvalue weighted by atomic mass is 10.0. The van der Waals surface area contributed by atoms with Crippen LogP contribution in [-0.2, 0) is 38.1 Å². The number of aromatic nitrogens is 1. The van der Waals surface area contributed by atoms with Gasteiger partial charge in [0, 0.05) is 51.8 Å². The van der Waals surface area contributed by atoms with Crippen LogP contribution >= 0.6 is 0 Å². The molecule has 0 aliphatic carbocycles. The molecule has 392 valence electrons. The second-order valence-electron chi connectivity index (χ2n) is 17.4. The number of carbonyl (C=O) groups is 5. The van der Waals surface area contributed by atoms with Crippen LogP contribution in [0.5, 0.6) is 17.4 Å². The van der Waals surface area contributed by atoms with E-state index in [1.54, 1.807) is 24.3 Å². The Balaban J connectivity index is 1.10. The minimum atomic E-state index is -0.431. The van der Waals surface area contributed by atoms with Crippen molar-refractivity contribution in [1.82, 2.24) is 4.98 Å². The van der Waals surface area contributed by atoms with Crippen molar-refractivity contribution in [2.45, 2.75) is 77.0 Å². The third-order valence-corrected chi connectivity index (χ3v) is 11.7. The molecule has 2 N–H and O–H groups in total. The van der Waals surface area contributed by atoms with Gasteiger partial charge in [0.1, 0.15) is 11.5 Å². The average molecular weight is 1020 g/mol. The third kappa shape index (κ3) is 18.8. The first-order valence-electron chi connectivity index (χ1n) is 25.4. The zero-order valence-corrected chi connectivity index (χ0v) is 42.3. The fourth-order valence-electron chi connectivity index (χ4n) is 7.69. The number of benzene rings is 5. The van der Waals surface area contributed by atoms with Crippen molar-refractivity contribution < 1.29 is 57.1 Å². The van der Waals surface area contributed by atoms with Gasteiger partial charge in [-0.05, 0) is 179 Å². The molecule has 0 saturated heterocycles. The molecule has 15 heteroatoms. The summed E-state index contributed by atoms with van der Waals surface area (Å²) in [6, 6.07) is 33.5. The first kappa shape index (κ1) is 55.8. The summed E-state index contributed by atoms with van der Waals surface area (Å²) in [6.07, 6.45) is 13.2. The summed E-state index contributed by atoms with van der Waals surface area (Å²) in [5.41, 5.74) is 4.65. The number of nitrogens with one attached hydrogen (secondary N) is 2. The number of nitrogens with zero attached hydrogens (tertiary/aromatic N) is 1. The second kappa shape index (κ2) is 30.5. The molecule has 75 heavy (non-hydrogen) atoms. The molecule has 6 aromatic rings. The van der Waals surface area contributed by atoms with Crippen LogP contribution in [0.4, 0.5) is 22.7 Å². The number of hydrogen-bond donors (Lipinski definition) is 2. The highest BCUT2D eigenvalue weighted by atomic mass is 16.5. The summed E-state index contributed by atoms with van der Waals surface area (Å²) in [7, 11) is 0. The Morgan fingerprint density at radius 3 is 1.24 bits per heavy atom. The molecule has 0 aliphatic heterocycles. The number of carbonyl (C=O) groups excluding carboxylic acids is 5. The Hall–Kier alpha value is -8.46. The first-order valence-corrected chi connectivity index (χ1v) is 25.4. The zero-order chi connectivity index (χ0) is 53.0. The van der Waals surface area contributed by atoms with Gasteiger partial charge in [0.2, 0.25) is 5.88 Å². The Kier molecular flexibility index (Phi) is 22.7. The van der Waals surface area contributed by atoms with Gasteiger partial charge in [-0.1, -0.05) is 31.9 Å². The fraction of sp³-hybridized carbons (Fsp3) is 0.300. The number of esters is 5. The number of hydrogen-bond acceptors (Lipinski definition) is 15. The summed E-state index contributed by atoms with van der Waals surface area (Å²) in [6.45, 7) is 12.4. The normalized spacial score (nSPS) is 10.7. The van der Waals surface area contributed by atoms with Gasteiger partial charge in [0.05, 0.1) is 56.3 Å². The molecule has 1 heterocycles. The number of unbranched alkanes of at least 4 members (excludes halogenated alkanes) is 9. The van der Waals surface area contributed by atoms with Crippen molar-refractivity contribution in [2.24, 2.45) is 0 Å². The molecule has 0 unspecified atom stereocenters. The van der Waals surface area contributed by atoms with Crippen molar-refractivity contribution in [1.29, 1.82) is 0 Å². The maximum Gasteiger partial charge on any atom is 0.338 e. The monoisotopic (exact) mass is 1020 g/mol. The summed E-state index contributed by atoms with van der Waals surface area (Å²) in [4.78, 5) is 64.2. The Morgan fingerprint density at radius 1 is 0.400 bits per heavy atom. The van der Waals surface area contributed by atoms with E-state index in [0.717, 1.165) is 121 Å². The van der Waals surface area contributed by atoms with Crippen LogP contribution in [0.3, 0.4) is 0 Å².